The van der Waals surface area contributed by atoms with Gasteiger partial charge in [-0.3, -0.25) is 9.52 Å². The Labute approximate surface area is 161 Å². The fourth-order valence-corrected chi connectivity index (χ4v) is 3.51. The van der Waals surface area contributed by atoms with E-state index in [4.69, 9.17) is 4.74 Å². The van der Waals surface area contributed by atoms with E-state index in [0.717, 1.165) is 6.42 Å². The number of hydrogen-bond acceptors (Lipinski definition) is 4. The fourth-order valence-electron chi connectivity index (χ4n) is 2.37. The van der Waals surface area contributed by atoms with E-state index in [2.05, 4.69) is 23.9 Å². The third-order valence-electron chi connectivity index (χ3n) is 3.89. The number of hydrogen-bond donors (Lipinski definition) is 2. The summed E-state index contributed by atoms with van der Waals surface area (Å²) >= 11 is 0. The summed E-state index contributed by atoms with van der Waals surface area (Å²) in [4.78, 5) is 11.9. The van der Waals surface area contributed by atoms with Crippen LogP contribution >= 0.6 is 0 Å². The van der Waals surface area contributed by atoms with Crippen LogP contribution in [0.25, 0.3) is 0 Å². The number of para-hydroxylation sites is 1. The van der Waals surface area contributed by atoms with E-state index in [1.54, 1.807) is 37.3 Å². The summed E-state index contributed by atoms with van der Waals surface area (Å²) in [7, 11) is -3.69. The predicted molar refractivity (Wildman–Crippen MR) is 106 cm³/mol. The van der Waals surface area contributed by atoms with Crippen LogP contribution in [0.1, 0.15) is 25.8 Å². The van der Waals surface area contributed by atoms with Gasteiger partial charge in [0.25, 0.3) is 15.9 Å². The SMILES string of the molecule is Cc1cc(S(=O)(=O)Nc2ccccc2)ccc1OCC(=O)NCCC(C)C. The number of amides is 1. The normalized spacial score (nSPS) is 11.3. The highest BCUT2D eigenvalue weighted by molar-refractivity contribution is 7.92. The van der Waals surface area contributed by atoms with Crippen LogP contribution in [0.4, 0.5) is 5.69 Å². The highest BCUT2D eigenvalue weighted by atomic mass is 32.2. The molecule has 2 aromatic rings. The van der Waals surface area contributed by atoms with E-state index in [-0.39, 0.29) is 17.4 Å². The molecular formula is C20H26N2O4S. The molecule has 0 aliphatic rings. The summed E-state index contributed by atoms with van der Waals surface area (Å²) in [5, 5.41) is 2.80. The van der Waals surface area contributed by atoms with E-state index in [9.17, 15) is 13.2 Å². The van der Waals surface area contributed by atoms with Gasteiger partial charge in [0.15, 0.2) is 6.61 Å². The highest BCUT2D eigenvalue weighted by Crippen LogP contribution is 2.23. The molecule has 0 bridgehead atoms. The van der Waals surface area contributed by atoms with Crippen LogP contribution in [-0.4, -0.2) is 27.5 Å². The zero-order chi connectivity index (χ0) is 19.9. The number of ether oxygens (including phenoxy) is 1. The lowest BCUT2D eigenvalue weighted by Crippen LogP contribution is -2.30. The molecule has 0 atom stereocenters. The highest BCUT2D eigenvalue weighted by Gasteiger charge is 2.16. The van der Waals surface area contributed by atoms with Crippen molar-refractivity contribution in [3.8, 4) is 5.75 Å². The van der Waals surface area contributed by atoms with Crippen molar-refractivity contribution in [3.05, 3.63) is 54.1 Å². The molecule has 1 amide bonds. The van der Waals surface area contributed by atoms with Crippen LogP contribution in [0.2, 0.25) is 0 Å². The number of benzene rings is 2. The molecule has 6 nitrogen and oxygen atoms in total. The zero-order valence-electron chi connectivity index (χ0n) is 15.9. The average molecular weight is 391 g/mol. The van der Waals surface area contributed by atoms with Crippen molar-refractivity contribution in [1.82, 2.24) is 5.32 Å². The minimum absolute atomic E-state index is 0.104. The molecule has 2 N–H and O–H groups in total. The molecule has 0 radical (unpaired) electrons. The molecule has 0 spiro atoms. The topological polar surface area (TPSA) is 84.5 Å². The maximum absolute atomic E-state index is 12.5. The van der Waals surface area contributed by atoms with Crippen molar-refractivity contribution < 1.29 is 17.9 Å². The standard InChI is InChI=1S/C20H26N2O4S/c1-15(2)11-12-21-20(23)14-26-19-10-9-18(13-16(19)3)27(24,25)22-17-7-5-4-6-8-17/h4-10,13,15,22H,11-12,14H2,1-3H3,(H,21,23). The molecule has 0 fully saturated rings. The van der Waals surface area contributed by atoms with Gasteiger partial charge in [0, 0.05) is 12.2 Å². The quantitative estimate of drug-likeness (QED) is 0.688. The number of aryl methyl sites for hydroxylation is 1. The summed E-state index contributed by atoms with van der Waals surface area (Å²) in [5.41, 5.74) is 1.13. The monoisotopic (exact) mass is 390 g/mol. The number of rotatable bonds is 9. The maximum Gasteiger partial charge on any atom is 0.261 e. The molecule has 0 aromatic heterocycles. The molecule has 0 saturated carbocycles. The van der Waals surface area contributed by atoms with Crippen molar-refractivity contribution in [3.63, 3.8) is 0 Å². The number of carbonyl (C=O) groups excluding carboxylic acids is 1. The Morgan fingerprint density at radius 2 is 1.81 bits per heavy atom. The van der Waals surface area contributed by atoms with Gasteiger partial charge in [0.05, 0.1) is 4.90 Å². The maximum atomic E-state index is 12.5. The largest absolute Gasteiger partial charge is 0.484 e. The lowest BCUT2D eigenvalue weighted by Gasteiger charge is -2.12. The van der Waals surface area contributed by atoms with Gasteiger partial charge in [-0.05, 0) is 55.2 Å². The van der Waals surface area contributed by atoms with E-state index in [0.29, 0.717) is 29.5 Å². The zero-order valence-corrected chi connectivity index (χ0v) is 16.7. The Balaban J connectivity index is 1.97. The summed E-state index contributed by atoms with van der Waals surface area (Å²) in [6.45, 7) is 6.44. The Hall–Kier alpha value is -2.54. The van der Waals surface area contributed by atoms with E-state index < -0.39 is 10.0 Å². The molecule has 2 rings (SSSR count). The Morgan fingerprint density at radius 3 is 2.44 bits per heavy atom. The first kappa shape index (κ1) is 20.8. The van der Waals surface area contributed by atoms with Gasteiger partial charge in [-0.1, -0.05) is 32.0 Å². The van der Waals surface area contributed by atoms with Crippen LogP contribution < -0.4 is 14.8 Å². The Morgan fingerprint density at radius 1 is 1.11 bits per heavy atom. The molecule has 0 aliphatic carbocycles. The average Bonchev–Trinajstić information content (AvgIpc) is 2.60. The first-order valence-corrected chi connectivity index (χ1v) is 10.3. The first-order valence-electron chi connectivity index (χ1n) is 8.86. The van der Waals surface area contributed by atoms with Crippen LogP contribution in [0.3, 0.4) is 0 Å². The number of anilines is 1. The van der Waals surface area contributed by atoms with E-state index in [1.165, 1.54) is 12.1 Å². The van der Waals surface area contributed by atoms with Gasteiger partial charge >= 0.3 is 0 Å². The minimum atomic E-state index is -3.69. The molecule has 0 unspecified atom stereocenters. The van der Waals surface area contributed by atoms with Gasteiger partial charge in [0.1, 0.15) is 5.75 Å². The van der Waals surface area contributed by atoms with Crippen LogP contribution in [0, 0.1) is 12.8 Å². The van der Waals surface area contributed by atoms with E-state index >= 15 is 0 Å². The van der Waals surface area contributed by atoms with E-state index in [1.807, 2.05) is 6.07 Å². The van der Waals surface area contributed by atoms with Crippen LogP contribution in [0.15, 0.2) is 53.4 Å². The van der Waals surface area contributed by atoms with Crippen molar-refractivity contribution >= 4 is 21.6 Å². The van der Waals surface area contributed by atoms with Gasteiger partial charge < -0.3 is 10.1 Å². The molecular weight excluding hydrogens is 364 g/mol. The Bertz CT molecular complexity index is 865. The summed E-state index contributed by atoms with van der Waals surface area (Å²) in [6.07, 6.45) is 0.908. The predicted octanol–water partition coefficient (Wildman–Crippen LogP) is 3.34. The smallest absolute Gasteiger partial charge is 0.261 e. The van der Waals surface area contributed by atoms with Crippen molar-refractivity contribution in [2.75, 3.05) is 17.9 Å². The Kier molecular flexibility index (Phi) is 7.24. The first-order chi connectivity index (χ1) is 12.8. The van der Waals surface area contributed by atoms with Crippen LogP contribution in [0.5, 0.6) is 5.75 Å². The molecule has 27 heavy (non-hydrogen) atoms. The van der Waals surface area contributed by atoms with Gasteiger partial charge in [0.2, 0.25) is 0 Å². The van der Waals surface area contributed by atoms with Gasteiger partial charge in [-0.2, -0.15) is 0 Å². The molecule has 0 saturated heterocycles. The lowest BCUT2D eigenvalue weighted by molar-refractivity contribution is -0.123. The summed E-state index contributed by atoms with van der Waals surface area (Å²) < 4.78 is 33.0. The summed E-state index contributed by atoms with van der Waals surface area (Å²) in [5.74, 6) is 0.803. The van der Waals surface area contributed by atoms with Crippen molar-refractivity contribution in [2.45, 2.75) is 32.1 Å². The second kappa shape index (κ2) is 9.41. The number of sulfonamides is 1. The molecule has 146 valence electrons. The van der Waals surface area contributed by atoms with Gasteiger partial charge in [-0.15, -0.1) is 0 Å². The van der Waals surface area contributed by atoms with Gasteiger partial charge in [-0.25, -0.2) is 8.42 Å². The number of carbonyl (C=O) groups is 1. The van der Waals surface area contributed by atoms with Crippen molar-refractivity contribution in [1.29, 1.82) is 0 Å². The second-order valence-corrected chi connectivity index (χ2v) is 8.40. The minimum Gasteiger partial charge on any atom is -0.484 e. The third kappa shape index (κ3) is 6.60. The summed E-state index contributed by atoms with van der Waals surface area (Å²) in [6, 6.07) is 13.2. The molecule has 0 heterocycles. The molecule has 7 heteroatoms. The van der Waals surface area contributed by atoms with Crippen LogP contribution in [-0.2, 0) is 14.8 Å². The molecule has 0 aliphatic heterocycles. The van der Waals surface area contributed by atoms with Crippen molar-refractivity contribution in [2.24, 2.45) is 5.92 Å². The molecule has 2 aromatic carbocycles. The fraction of sp³-hybridized carbons (Fsp3) is 0.350. The second-order valence-electron chi connectivity index (χ2n) is 6.72. The lowest BCUT2D eigenvalue weighted by atomic mass is 10.1. The number of nitrogens with one attached hydrogen (secondary N) is 2. The third-order valence-corrected chi connectivity index (χ3v) is 5.26.